The second kappa shape index (κ2) is 9.50. The zero-order chi connectivity index (χ0) is 25.2. The van der Waals surface area contributed by atoms with Gasteiger partial charge in [0.1, 0.15) is 17.9 Å². The van der Waals surface area contributed by atoms with Gasteiger partial charge in [0.25, 0.3) is 11.8 Å². The summed E-state index contributed by atoms with van der Waals surface area (Å²) in [7, 11) is 0. The molecule has 4 amide bonds. The molecule has 1 aliphatic heterocycles. The fourth-order valence-electron chi connectivity index (χ4n) is 4.08. The number of aryl methyl sites for hydroxylation is 2. The number of carbonyl (C=O) groups excluding carboxylic acids is 3. The first-order valence-corrected chi connectivity index (χ1v) is 11.6. The number of fused-ring (bicyclic) bond motifs is 1. The van der Waals surface area contributed by atoms with Crippen molar-refractivity contribution in [3.05, 3.63) is 113 Å². The van der Waals surface area contributed by atoms with Crippen LogP contribution >= 0.6 is 0 Å². The number of rotatable bonds is 5. The summed E-state index contributed by atoms with van der Waals surface area (Å²) >= 11 is 0. The summed E-state index contributed by atoms with van der Waals surface area (Å²) in [6.45, 7) is 4.26. The van der Waals surface area contributed by atoms with Crippen molar-refractivity contribution in [3.8, 4) is 5.75 Å². The molecule has 0 atom stereocenters. The number of barbiturate groups is 1. The molecule has 4 aromatic rings. The molecule has 36 heavy (non-hydrogen) atoms. The van der Waals surface area contributed by atoms with Crippen LogP contribution in [0.25, 0.3) is 16.8 Å². The molecule has 1 aliphatic rings. The van der Waals surface area contributed by atoms with Gasteiger partial charge in [-0.05, 0) is 83.3 Å². The highest BCUT2D eigenvalue weighted by Gasteiger charge is 2.36. The largest absolute Gasteiger partial charge is 0.489 e. The zero-order valence-electron chi connectivity index (χ0n) is 19.9. The number of amides is 4. The van der Waals surface area contributed by atoms with Crippen LogP contribution in [0.1, 0.15) is 22.3 Å². The predicted molar refractivity (Wildman–Crippen MR) is 140 cm³/mol. The van der Waals surface area contributed by atoms with Gasteiger partial charge in [-0.2, -0.15) is 0 Å². The molecule has 0 unspecified atom stereocenters. The van der Waals surface area contributed by atoms with Crippen LogP contribution in [-0.4, -0.2) is 17.8 Å². The van der Waals surface area contributed by atoms with E-state index in [0.717, 1.165) is 27.0 Å². The van der Waals surface area contributed by atoms with E-state index >= 15 is 0 Å². The van der Waals surface area contributed by atoms with Crippen molar-refractivity contribution in [3.63, 3.8) is 0 Å². The third-order valence-corrected chi connectivity index (χ3v) is 6.26. The lowest BCUT2D eigenvalue weighted by molar-refractivity contribution is -0.122. The molecule has 0 radical (unpaired) electrons. The van der Waals surface area contributed by atoms with Crippen LogP contribution in [0.2, 0.25) is 0 Å². The lowest BCUT2D eigenvalue weighted by Crippen LogP contribution is -2.54. The number of benzene rings is 4. The fraction of sp³-hybridized carbons (Fsp3) is 0.100. The molecule has 1 N–H and O–H groups in total. The Morgan fingerprint density at radius 2 is 1.56 bits per heavy atom. The molecule has 178 valence electrons. The Bertz CT molecular complexity index is 1540. The van der Waals surface area contributed by atoms with Gasteiger partial charge in [0.2, 0.25) is 0 Å². The third kappa shape index (κ3) is 4.61. The van der Waals surface area contributed by atoms with Gasteiger partial charge >= 0.3 is 6.03 Å². The van der Waals surface area contributed by atoms with Gasteiger partial charge in [-0.15, -0.1) is 0 Å². The van der Waals surface area contributed by atoms with Crippen LogP contribution in [0.4, 0.5) is 10.5 Å². The normalized spacial score (nSPS) is 14.9. The van der Waals surface area contributed by atoms with Gasteiger partial charge in [0, 0.05) is 0 Å². The van der Waals surface area contributed by atoms with E-state index in [-0.39, 0.29) is 5.57 Å². The molecule has 6 heteroatoms. The van der Waals surface area contributed by atoms with E-state index in [2.05, 4.69) is 29.6 Å². The molecule has 4 aromatic carbocycles. The molecule has 1 fully saturated rings. The Morgan fingerprint density at radius 3 is 2.31 bits per heavy atom. The molecule has 0 spiro atoms. The van der Waals surface area contributed by atoms with Crippen molar-refractivity contribution >= 4 is 40.4 Å². The van der Waals surface area contributed by atoms with Crippen molar-refractivity contribution in [2.45, 2.75) is 20.5 Å². The van der Waals surface area contributed by atoms with Crippen molar-refractivity contribution < 1.29 is 19.1 Å². The van der Waals surface area contributed by atoms with Crippen LogP contribution in [-0.2, 0) is 16.2 Å². The maximum Gasteiger partial charge on any atom is 0.335 e. The highest BCUT2D eigenvalue weighted by molar-refractivity contribution is 6.39. The van der Waals surface area contributed by atoms with E-state index in [0.29, 0.717) is 23.6 Å². The number of hydrogen-bond donors (Lipinski definition) is 1. The standard InChI is InChI=1S/C30H24N2O4/c1-19-7-12-25(15-20(19)2)32-29(34)27(28(33)31-30(32)35)17-21-9-13-26(14-10-21)36-18-22-8-11-23-5-3-4-6-24(23)16-22/h3-17H,18H2,1-2H3,(H,31,33,35)/b27-17+. The van der Waals surface area contributed by atoms with Gasteiger partial charge in [-0.1, -0.05) is 54.6 Å². The van der Waals surface area contributed by atoms with Gasteiger partial charge < -0.3 is 4.74 Å². The van der Waals surface area contributed by atoms with Crippen LogP contribution in [0.3, 0.4) is 0 Å². The quantitative estimate of drug-likeness (QED) is 0.296. The lowest BCUT2D eigenvalue weighted by Gasteiger charge is -2.26. The Labute approximate surface area is 208 Å². The van der Waals surface area contributed by atoms with Crippen LogP contribution in [0.5, 0.6) is 5.75 Å². The highest BCUT2D eigenvalue weighted by atomic mass is 16.5. The summed E-state index contributed by atoms with van der Waals surface area (Å²) in [4.78, 5) is 39.0. The molecular formula is C30H24N2O4. The Hall–Kier alpha value is -4.71. The molecular weight excluding hydrogens is 452 g/mol. The number of imide groups is 2. The van der Waals surface area contributed by atoms with E-state index in [4.69, 9.17) is 4.74 Å². The molecule has 0 aromatic heterocycles. The first-order chi connectivity index (χ1) is 17.4. The van der Waals surface area contributed by atoms with E-state index in [9.17, 15) is 14.4 Å². The Balaban J connectivity index is 1.32. The lowest BCUT2D eigenvalue weighted by atomic mass is 10.1. The van der Waals surface area contributed by atoms with E-state index in [1.54, 1.807) is 36.4 Å². The van der Waals surface area contributed by atoms with Gasteiger partial charge in [0.05, 0.1) is 5.69 Å². The first kappa shape index (κ1) is 23.1. The second-order valence-electron chi connectivity index (χ2n) is 8.77. The van der Waals surface area contributed by atoms with Crippen molar-refractivity contribution in [2.75, 3.05) is 4.90 Å². The first-order valence-electron chi connectivity index (χ1n) is 11.6. The zero-order valence-corrected chi connectivity index (χ0v) is 19.9. The summed E-state index contributed by atoms with van der Waals surface area (Å²) in [5.41, 5.74) is 3.98. The molecule has 6 nitrogen and oxygen atoms in total. The maximum absolute atomic E-state index is 13.1. The minimum atomic E-state index is -0.761. The summed E-state index contributed by atoms with van der Waals surface area (Å²) in [5.74, 6) is -0.720. The van der Waals surface area contributed by atoms with E-state index < -0.39 is 17.8 Å². The number of nitrogens with one attached hydrogen (secondary N) is 1. The number of ether oxygens (including phenoxy) is 1. The van der Waals surface area contributed by atoms with Gasteiger partial charge in [0.15, 0.2) is 0 Å². The van der Waals surface area contributed by atoms with E-state index in [1.165, 1.54) is 11.5 Å². The average molecular weight is 477 g/mol. The van der Waals surface area contributed by atoms with Crippen molar-refractivity contribution in [1.82, 2.24) is 5.32 Å². The Kier molecular flexibility index (Phi) is 6.09. The molecule has 0 saturated carbocycles. The monoisotopic (exact) mass is 476 g/mol. The SMILES string of the molecule is Cc1ccc(N2C(=O)NC(=O)/C(=C\c3ccc(OCc4ccc5ccccc5c4)cc3)C2=O)cc1C. The number of hydrogen-bond acceptors (Lipinski definition) is 4. The molecule has 1 saturated heterocycles. The fourth-order valence-corrected chi connectivity index (χ4v) is 4.08. The van der Waals surface area contributed by atoms with Gasteiger partial charge in [-0.3, -0.25) is 14.9 Å². The van der Waals surface area contributed by atoms with Crippen LogP contribution in [0.15, 0.2) is 90.5 Å². The average Bonchev–Trinajstić information content (AvgIpc) is 2.88. The van der Waals surface area contributed by atoms with Crippen molar-refractivity contribution in [2.24, 2.45) is 0 Å². The van der Waals surface area contributed by atoms with E-state index in [1.807, 2.05) is 38.1 Å². The highest BCUT2D eigenvalue weighted by Crippen LogP contribution is 2.25. The minimum absolute atomic E-state index is 0.113. The van der Waals surface area contributed by atoms with Crippen LogP contribution in [0, 0.1) is 13.8 Å². The smallest absolute Gasteiger partial charge is 0.335 e. The number of anilines is 1. The third-order valence-electron chi connectivity index (χ3n) is 6.26. The number of carbonyl (C=O) groups is 3. The molecule has 1 heterocycles. The number of urea groups is 1. The molecule has 5 rings (SSSR count). The molecule has 0 bridgehead atoms. The summed E-state index contributed by atoms with van der Waals surface area (Å²) < 4.78 is 5.92. The maximum atomic E-state index is 13.1. The second-order valence-corrected chi connectivity index (χ2v) is 8.77. The minimum Gasteiger partial charge on any atom is -0.489 e. The molecule has 0 aliphatic carbocycles. The van der Waals surface area contributed by atoms with Gasteiger partial charge in [-0.25, -0.2) is 9.69 Å². The topological polar surface area (TPSA) is 75.7 Å². The van der Waals surface area contributed by atoms with Crippen LogP contribution < -0.4 is 15.0 Å². The van der Waals surface area contributed by atoms with Crippen molar-refractivity contribution in [1.29, 1.82) is 0 Å². The summed E-state index contributed by atoms with van der Waals surface area (Å²) in [5, 5.41) is 4.59. The summed E-state index contributed by atoms with van der Waals surface area (Å²) in [6.07, 6.45) is 1.48. The number of nitrogens with zero attached hydrogens (tertiary/aromatic N) is 1. The predicted octanol–water partition coefficient (Wildman–Crippen LogP) is 5.70. The Morgan fingerprint density at radius 1 is 0.806 bits per heavy atom. The summed E-state index contributed by atoms with van der Waals surface area (Å²) in [6, 6.07) is 26.0.